The molecule has 0 bridgehead atoms. The van der Waals surface area contributed by atoms with Crippen molar-refractivity contribution in [1.29, 1.82) is 0 Å². The Bertz CT molecular complexity index is 324. The molecule has 1 N–H and O–H groups in total. The molecule has 0 saturated heterocycles. The molecule has 0 atom stereocenters. The van der Waals surface area contributed by atoms with Crippen LogP contribution in [0.15, 0.2) is 30.3 Å². The van der Waals surface area contributed by atoms with E-state index < -0.39 is 5.91 Å². The first-order valence-corrected chi connectivity index (χ1v) is 3.27. The van der Waals surface area contributed by atoms with Gasteiger partial charge in [-0.1, -0.05) is 18.2 Å². The van der Waals surface area contributed by atoms with Crippen LogP contribution in [-0.2, 0) is 4.79 Å². The molecule has 1 rings (SSSR count). The highest BCUT2D eigenvalue weighted by atomic mass is 16.4. The molecule has 0 heterocycles. The van der Waals surface area contributed by atoms with Crippen LogP contribution in [0.25, 0.3) is 5.01 Å². The van der Waals surface area contributed by atoms with Crippen LogP contribution >= 0.6 is 0 Å². The summed E-state index contributed by atoms with van der Waals surface area (Å²) in [4.78, 5) is 10.7. The summed E-state index contributed by atoms with van der Waals surface area (Å²) in [7, 11) is 0. The molecule has 0 aromatic heterocycles. The van der Waals surface area contributed by atoms with Crippen molar-refractivity contribution in [2.24, 2.45) is 0 Å². The number of nitrogens with zero attached hydrogens (tertiary/aromatic N) is 1. The summed E-state index contributed by atoms with van der Waals surface area (Å²) >= 11 is 0. The van der Waals surface area contributed by atoms with E-state index in [1.54, 1.807) is 30.3 Å². The quantitative estimate of drug-likeness (QED) is 0.502. The fourth-order valence-corrected chi connectivity index (χ4v) is 0.722. The lowest BCUT2D eigenvalue weighted by molar-refractivity contribution is -0.111. The van der Waals surface area contributed by atoms with Gasteiger partial charge in [0, 0.05) is 10.7 Å². The van der Waals surface area contributed by atoms with E-state index in [4.69, 9.17) is 0 Å². The van der Waals surface area contributed by atoms with Crippen molar-refractivity contribution in [2.75, 3.05) is 5.32 Å². The summed E-state index contributed by atoms with van der Waals surface area (Å²) in [6, 6.07) is 10.5. The van der Waals surface area contributed by atoms with Crippen molar-refractivity contribution in [1.82, 2.24) is 0 Å². The Morgan fingerprint density at radius 2 is 2.08 bits per heavy atom. The lowest BCUT2D eigenvalue weighted by Crippen LogP contribution is -2.07. The number of carbonyl (C=O) groups is 1. The van der Waals surface area contributed by atoms with E-state index in [0.29, 0.717) is 5.69 Å². The molecule has 0 spiro atoms. The van der Waals surface area contributed by atoms with Gasteiger partial charge in [0.1, 0.15) is 0 Å². The van der Waals surface area contributed by atoms with E-state index in [0.717, 1.165) is 0 Å². The van der Waals surface area contributed by atoms with E-state index in [2.05, 4.69) is 10.3 Å². The Balaban J connectivity index is 2.63. The molecule has 0 unspecified atom stereocenters. The average molecular weight is 162 g/mol. The second-order valence-corrected chi connectivity index (χ2v) is 2.02. The van der Waals surface area contributed by atoms with Crippen LogP contribution in [0.5, 0.6) is 0 Å². The third kappa shape index (κ3) is 2.31. The van der Waals surface area contributed by atoms with Gasteiger partial charge < -0.3 is 10.5 Å². The summed E-state index contributed by atoms with van der Waals surface area (Å²) in [5.41, 5.74) is 0.610. The van der Waals surface area contributed by atoms with E-state index >= 15 is 0 Å². The number of benzene rings is 1. The van der Waals surface area contributed by atoms with Crippen LogP contribution in [0.4, 0.5) is 5.69 Å². The van der Waals surface area contributed by atoms with Gasteiger partial charge in [0.2, 0.25) is 0 Å². The van der Waals surface area contributed by atoms with Crippen molar-refractivity contribution in [3.8, 4) is 6.07 Å². The van der Waals surface area contributed by atoms with Crippen molar-refractivity contribution in [2.45, 2.75) is 0 Å². The number of anilines is 1. The van der Waals surface area contributed by atoms with E-state index in [-0.39, 0.29) is 0 Å². The van der Waals surface area contributed by atoms with Crippen LogP contribution in [0.3, 0.4) is 0 Å². The molecule has 4 nitrogen and oxygen atoms in total. The van der Waals surface area contributed by atoms with Crippen LogP contribution < -0.4 is 5.32 Å². The zero-order chi connectivity index (χ0) is 8.81. The van der Waals surface area contributed by atoms with Gasteiger partial charge in [0.25, 0.3) is 0 Å². The molecule has 60 valence electrons. The van der Waals surface area contributed by atoms with E-state index in [1.165, 1.54) is 0 Å². The first-order valence-electron chi connectivity index (χ1n) is 3.27. The predicted molar refractivity (Wildman–Crippen MR) is 45.7 cm³/mol. The first kappa shape index (κ1) is 8.08. The number of rotatable bonds is 1. The Kier molecular flexibility index (Phi) is 2.68. The maximum Gasteiger partial charge on any atom is 0.400 e. The molecule has 0 aliphatic carbocycles. The molecular weight excluding hydrogens is 156 g/mol. The van der Waals surface area contributed by atoms with Crippen molar-refractivity contribution >= 4 is 11.6 Å². The second-order valence-electron chi connectivity index (χ2n) is 2.02. The number of carbonyl (C=O) groups excluding carboxylic acids is 1. The predicted octanol–water partition coefficient (Wildman–Crippen LogP) is 1.46. The highest BCUT2D eigenvalue weighted by Gasteiger charge is 2.02. The van der Waals surface area contributed by atoms with Crippen LogP contribution in [0.1, 0.15) is 0 Å². The van der Waals surface area contributed by atoms with Gasteiger partial charge in [-0.2, -0.15) is 0 Å². The molecule has 0 aliphatic heterocycles. The Morgan fingerprint density at radius 1 is 1.42 bits per heavy atom. The lowest BCUT2D eigenvalue weighted by atomic mass is 10.3. The fraction of sp³-hybridized carbons (Fsp3) is 0. The lowest BCUT2D eigenvalue weighted by Gasteiger charge is -1.95. The first-order chi connectivity index (χ1) is 5.83. The third-order valence-electron chi connectivity index (χ3n) is 1.18. The molecule has 1 aromatic carbocycles. The van der Waals surface area contributed by atoms with Gasteiger partial charge in [-0.3, -0.25) is 4.79 Å². The molecule has 1 aromatic rings. The van der Waals surface area contributed by atoms with Crippen molar-refractivity contribution < 1.29 is 4.79 Å². The molecule has 4 heteroatoms. The second kappa shape index (κ2) is 3.98. The molecule has 0 aliphatic rings. The maximum absolute atomic E-state index is 10.7. The van der Waals surface area contributed by atoms with E-state index in [1.807, 2.05) is 6.07 Å². The number of para-hydroxylation sites is 1. The van der Waals surface area contributed by atoms with Gasteiger partial charge in [-0.15, -0.1) is 0 Å². The average Bonchev–Trinajstić information content (AvgIpc) is 2.06. The van der Waals surface area contributed by atoms with Crippen molar-refractivity contribution in [3.05, 3.63) is 40.5 Å². The number of nitrogens with one attached hydrogen (secondary N) is 1. The van der Waals surface area contributed by atoms with Gasteiger partial charge in [0.15, 0.2) is 0 Å². The number of amides is 1. The SMILES string of the molecule is O=C(C#[N+][O-])Nc1ccccc1. The van der Waals surface area contributed by atoms with Gasteiger partial charge in [-0.05, 0) is 12.1 Å². The van der Waals surface area contributed by atoms with Crippen LogP contribution in [0.2, 0.25) is 0 Å². The largest absolute Gasteiger partial charge is 0.498 e. The zero-order valence-electron chi connectivity index (χ0n) is 6.15. The Labute approximate surface area is 69.2 Å². The highest BCUT2D eigenvalue weighted by molar-refractivity contribution is 6.03. The summed E-state index contributed by atoms with van der Waals surface area (Å²) in [5.74, 6) is -0.642. The zero-order valence-corrected chi connectivity index (χ0v) is 6.15. The van der Waals surface area contributed by atoms with Crippen LogP contribution in [0, 0.1) is 11.3 Å². The highest BCUT2D eigenvalue weighted by Crippen LogP contribution is 2.03. The Hall–Kier alpha value is -2.02. The summed E-state index contributed by atoms with van der Waals surface area (Å²) in [6.45, 7) is 0. The van der Waals surface area contributed by atoms with Gasteiger partial charge >= 0.3 is 12.0 Å². The molecule has 0 fully saturated rings. The standard InChI is InChI=1S/C8H6N2O2/c11-8(6-9-12)10-7-4-2-1-3-5-7/h1-5H,(H,10,11). The molecule has 0 radical (unpaired) electrons. The minimum absolute atomic E-state index is 0.610. The summed E-state index contributed by atoms with van der Waals surface area (Å²) < 4.78 is 0. The van der Waals surface area contributed by atoms with E-state index in [9.17, 15) is 10.0 Å². The molecule has 12 heavy (non-hydrogen) atoms. The minimum atomic E-state index is -0.642. The minimum Gasteiger partial charge on any atom is -0.498 e. The fourth-order valence-electron chi connectivity index (χ4n) is 0.722. The summed E-state index contributed by atoms with van der Waals surface area (Å²) in [6.07, 6.45) is 0. The summed E-state index contributed by atoms with van der Waals surface area (Å²) in [5, 5.41) is 14.2. The topological polar surface area (TPSA) is 56.5 Å². The maximum atomic E-state index is 10.7. The van der Waals surface area contributed by atoms with Gasteiger partial charge in [0.05, 0.1) is 0 Å². The smallest absolute Gasteiger partial charge is 0.400 e. The normalized spacial score (nSPS) is 8.00. The van der Waals surface area contributed by atoms with Crippen molar-refractivity contribution in [3.63, 3.8) is 0 Å². The third-order valence-corrected chi connectivity index (χ3v) is 1.18. The molecule has 0 saturated carbocycles. The molecular formula is C8H6N2O2. The molecule has 1 amide bonds. The monoisotopic (exact) mass is 162 g/mol. The number of hydrogen-bond acceptors (Lipinski definition) is 2. The van der Waals surface area contributed by atoms with Crippen LogP contribution in [-0.4, -0.2) is 5.91 Å². The number of hydrogen-bond donors (Lipinski definition) is 1. The van der Waals surface area contributed by atoms with Gasteiger partial charge in [-0.25, -0.2) is 0 Å². The Morgan fingerprint density at radius 3 is 2.67 bits per heavy atom.